The largest absolute Gasteiger partial charge is 0.396 e. The van der Waals surface area contributed by atoms with E-state index in [-0.39, 0.29) is 12.4 Å². The number of likely N-dealkylation sites (tertiary alicyclic amines) is 1. The van der Waals surface area contributed by atoms with Gasteiger partial charge in [0.25, 0.3) is 0 Å². The first-order valence-electron chi connectivity index (χ1n) is 6.33. The highest BCUT2D eigenvalue weighted by Gasteiger charge is 2.26. The molecule has 1 aromatic heterocycles. The van der Waals surface area contributed by atoms with Gasteiger partial charge in [0.1, 0.15) is 0 Å². The molecule has 0 aliphatic carbocycles. The van der Waals surface area contributed by atoms with E-state index in [4.69, 9.17) is 5.11 Å². The van der Waals surface area contributed by atoms with Crippen molar-refractivity contribution in [2.24, 2.45) is 0 Å². The number of hydrogen-bond acceptors (Lipinski definition) is 4. The number of nitrogens with zero attached hydrogens (tertiary/aromatic N) is 1. The first-order valence-corrected chi connectivity index (χ1v) is 8.00. The normalized spacial score (nSPS) is 20.4. The van der Waals surface area contributed by atoms with E-state index >= 15 is 0 Å². The van der Waals surface area contributed by atoms with Gasteiger partial charge in [0.15, 0.2) is 5.78 Å². The molecular weight excluding hydrogens is 314 g/mol. The topological polar surface area (TPSA) is 40.5 Å². The van der Waals surface area contributed by atoms with Gasteiger partial charge in [0.2, 0.25) is 0 Å². The lowest BCUT2D eigenvalue weighted by atomic mass is 10.1. The number of carbonyl (C=O) groups is 1. The van der Waals surface area contributed by atoms with Crippen molar-refractivity contribution in [1.29, 1.82) is 0 Å². The first kappa shape index (κ1) is 14.2. The summed E-state index contributed by atoms with van der Waals surface area (Å²) in [7, 11) is 0. The Kier molecular flexibility index (Phi) is 5.36. The maximum absolute atomic E-state index is 12.2. The van der Waals surface area contributed by atoms with Crippen molar-refractivity contribution < 1.29 is 9.90 Å². The van der Waals surface area contributed by atoms with Crippen molar-refractivity contribution in [2.75, 3.05) is 19.7 Å². The monoisotopic (exact) mass is 331 g/mol. The van der Waals surface area contributed by atoms with E-state index in [0.29, 0.717) is 12.6 Å². The molecule has 18 heavy (non-hydrogen) atoms. The molecule has 1 atom stereocenters. The summed E-state index contributed by atoms with van der Waals surface area (Å²) in [4.78, 5) is 15.3. The summed E-state index contributed by atoms with van der Waals surface area (Å²) >= 11 is 4.91. The molecule has 1 aliphatic heterocycles. The maximum atomic E-state index is 12.2. The van der Waals surface area contributed by atoms with Crippen LogP contribution in [-0.4, -0.2) is 41.5 Å². The van der Waals surface area contributed by atoms with Crippen LogP contribution in [0.5, 0.6) is 0 Å². The van der Waals surface area contributed by atoms with Crippen molar-refractivity contribution >= 4 is 33.0 Å². The Morgan fingerprint density at radius 1 is 1.61 bits per heavy atom. The zero-order valence-electron chi connectivity index (χ0n) is 10.3. The van der Waals surface area contributed by atoms with Gasteiger partial charge in [-0.15, -0.1) is 11.3 Å². The van der Waals surface area contributed by atoms with E-state index in [1.54, 1.807) is 0 Å². The molecule has 1 aromatic rings. The van der Waals surface area contributed by atoms with Crippen LogP contribution in [0, 0.1) is 0 Å². The van der Waals surface area contributed by atoms with E-state index in [1.165, 1.54) is 11.3 Å². The summed E-state index contributed by atoms with van der Waals surface area (Å²) < 4.78 is 0.906. The third-order valence-corrected chi connectivity index (χ3v) is 5.29. The highest BCUT2D eigenvalue weighted by Crippen LogP contribution is 2.26. The van der Waals surface area contributed by atoms with Gasteiger partial charge in [0, 0.05) is 17.1 Å². The standard InChI is InChI=1S/C13H18BrNO2S/c14-11-5-8-18-13(11)12(17)9-15-6-1-3-10(15)4-2-7-16/h5,8,10,16H,1-4,6-7,9H2. The average Bonchev–Trinajstić information content (AvgIpc) is 2.95. The highest BCUT2D eigenvalue weighted by atomic mass is 79.9. The van der Waals surface area contributed by atoms with E-state index in [2.05, 4.69) is 20.8 Å². The van der Waals surface area contributed by atoms with Gasteiger partial charge in [0.05, 0.1) is 11.4 Å². The number of carbonyl (C=O) groups excluding carboxylic acids is 1. The zero-order valence-corrected chi connectivity index (χ0v) is 12.7. The molecule has 0 saturated carbocycles. The average molecular weight is 332 g/mol. The Morgan fingerprint density at radius 2 is 2.44 bits per heavy atom. The van der Waals surface area contributed by atoms with Crippen LogP contribution in [0.4, 0.5) is 0 Å². The van der Waals surface area contributed by atoms with Crippen LogP contribution in [0.1, 0.15) is 35.4 Å². The van der Waals surface area contributed by atoms with E-state index < -0.39 is 0 Å². The molecular formula is C13H18BrNO2S. The molecule has 2 heterocycles. The van der Waals surface area contributed by atoms with E-state index in [1.807, 2.05) is 11.4 Å². The predicted octanol–water partition coefficient (Wildman–Crippen LogP) is 2.93. The van der Waals surface area contributed by atoms with E-state index in [9.17, 15) is 4.79 Å². The van der Waals surface area contributed by atoms with Crippen LogP contribution < -0.4 is 0 Å². The van der Waals surface area contributed by atoms with Crippen LogP contribution in [0.25, 0.3) is 0 Å². The first-order chi connectivity index (χ1) is 8.72. The SMILES string of the molecule is O=C(CN1CCCC1CCCO)c1sccc1Br. The summed E-state index contributed by atoms with van der Waals surface area (Å²) in [5.74, 6) is 0.202. The molecule has 1 unspecified atom stereocenters. The van der Waals surface area contributed by atoms with Gasteiger partial charge < -0.3 is 5.11 Å². The minimum atomic E-state index is 0.202. The van der Waals surface area contributed by atoms with Crippen molar-refractivity contribution in [2.45, 2.75) is 31.7 Å². The molecule has 0 amide bonds. The maximum Gasteiger partial charge on any atom is 0.187 e. The Hall–Kier alpha value is -0.230. The van der Waals surface area contributed by atoms with Crippen molar-refractivity contribution in [3.63, 3.8) is 0 Å². The van der Waals surface area contributed by atoms with Gasteiger partial charge in [-0.2, -0.15) is 0 Å². The van der Waals surface area contributed by atoms with Crippen LogP contribution >= 0.6 is 27.3 Å². The Bertz CT molecular complexity index is 407. The van der Waals surface area contributed by atoms with Crippen LogP contribution in [0.3, 0.4) is 0 Å². The Morgan fingerprint density at radius 3 is 3.11 bits per heavy atom. The van der Waals surface area contributed by atoms with Crippen molar-refractivity contribution in [1.82, 2.24) is 4.90 Å². The lowest BCUT2D eigenvalue weighted by Crippen LogP contribution is -2.34. The van der Waals surface area contributed by atoms with Gasteiger partial charge >= 0.3 is 0 Å². The number of rotatable bonds is 6. The minimum Gasteiger partial charge on any atom is -0.396 e. The minimum absolute atomic E-state index is 0.202. The summed E-state index contributed by atoms with van der Waals surface area (Å²) in [5.41, 5.74) is 0. The smallest absolute Gasteiger partial charge is 0.187 e. The predicted molar refractivity (Wildman–Crippen MR) is 77.3 cm³/mol. The molecule has 0 bridgehead atoms. The third-order valence-electron chi connectivity index (χ3n) is 3.41. The molecule has 1 N–H and O–H groups in total. The molecule has 5 heteroatoms. The molecule has 1 fully saturated rings. The molecule has 0 radical (unpaired) electrons. The van der Waals surface area contributed by atoms with Crippen LogP contribution in [0.15, 0.2) is 15.9 Å². The molecule has 0 spiro atoms. The van der Waals surface area contributed by atoms with Crippen molar-refractivity contribution in [3.8, 4) is 0 Å². The van der Waals surface area contributed by atoms with Gasteiger partial charge in [-0.3, -0.25) is 9.69 Å². The fourth-order valence-electron chi connectivity index (χ4n) is 2.51. The second-order valence-electron chi connectivity index (χ2n) is 4.65. The number of aliphatic hydroxyl groups is 1. The number of aliphatic hydroxyl groups excluding tert-OH is 1. The van der Waals surface area contributed by atoms with Crippen LogP contribution in [-0.2, 0) is 0 Å². The third kappa shape index (κ3) is 3.41. The molecule has 1 aliphatic rings. The Balaban J connectivity index is 1.92. The molecule has 3 nitrogen and oxygen atoms in total. The summed E-state index contributed by atoms with van der Waals surface area (Å²) in [5, 5.41) is 10.8. The molecule has 2 rings (SSSR count). The number of thiophene rings is 1. The lowest BCUT2D eigenvalue weighted by Gasteiger charge is -2.23. The van der Waals surface area contributed by atoms with Gasteiger partial charge in [-0.05, 0) is 59.6 Å². The molecule has 1 saturated heterocycles. The second-order valence-corrected chi connectivity index (χ2v) is 6.42. The summed E-state index contributed by atoms with van der Waals surface area (Å²) in [6, 6.07) is 2.39. The van der Waals surface area contributed by atoms with Crippen molar-refractivity contribution in [3.05, 3.63) is 20.8 Å². The zero-order chi connectivity index (χ0) is 13.0. The summed E-state index contributed by atoms with van der Waals surface area (Å²) in [6.45, 7) is 1.76. The quantitative estimate of drug-likeness (QED) is 0.815. The summed E-state index contributed by atoms with van der Waals surface area (Å²) in [6.07, 6.45) is 4.14. The second kappa shape index (κ2) is 6.80. The highest BCUT2D eigenvalue weighted by molar-refractivity contribution is 9.10. The lowest BCUT2D eigenvalue weighted by molar-refractivity contribution is 0.0919. The Labute approximate surface area is 120 Å². The van der Waals surface area contributed by atoms with Gasteiger partial charge in [-0.1, -0.05) is 0 Å². The van der Waals surface area contributed by atoms with Crippen LogP contribution in [0.2, 0.25) is 0 Å². The number of ketones is 1. The van der Waals surface area contributed by atoms with Gasteiger partial charge in [-0.25, -0.2) is 0 Å². The number of hydrogen-bond donors (Lipinski definition) is 1. The fraction of sp³-hybridized carbons (Fsp3) is 0.615. The number of Topliss-reactive ketones (excluding diaryl/α,β-unsaturated/α-hetero) is 1. The number of halogens is 1. The molecule has 100 valence electrons. The van der Waals surface area contributed by atoms with E-state index in [0.717, 1.165) is 41.6 Å². The fourth-order valence-corrected chi connectivity index (χ4v) is 4.03. The molecule has 0 aromatic carbocycles.